The van der Waals surface area contributed by atoms with Crippen molar-refractivity contribution in [2.75, 3.05) is 25.0 Å². The molecule has 0 spiro atoms. The summed E-state index contributed by atoms with van der Waals surface area (Å²) < 4.78 is 1.05. The van der Waals surface area contributed by atoms with E-state index in [1.54, 1.807) is 6.07 Å². The highest BCUT2D eigenvalue weighted by atomic mass is 79.9. The second kappa shape index (κ2) is 8.35. The van der Waals surface area contributed by atoms with Crippen molar-refractivity contribution in [3.05, 3.63) is 26.6 Å². The molecular weight excluding hydrogens is 408 g/mol. The Morgan fingerprint density at radius 2 is 1.95 bits per heavy atom. The van der Waals surface area contributed by atoms with Gasteiger partial charge >= 0.3 is 12.0 Å². The predicted octanol–water partition coefficient (Wildman–Crippen LogP) is 3.15. The second-order valence-corrected chi connectivity index (χ2v) is 6.03. The number of halogens is 2. The van der Waals surface area contributed by atoms with E-state index in [4.69, 9.17) is 5.11 Å². The number of nitrogens with one attached hydrogen (secondary N) is 1. The number of carboxylic acids is 1. The van der Waals surface area contributed by atoms with Crippen LogP contribution in [0.2, 0.25) is 0 Å². The zero-order valence-electron chi connectivity index (χ0n) is 11.4. The summed E-state index contributed by atoms with van der Waals surface area (Å²) in [4.78, 5) is 24.9. The van der Waals surface area contributed by atoms with Crippen molar-refractivity contribution in [3.8, 4) is 0 Å². The summed E-state index contributed by atoms with van der Waals surface area (Å²) in [6, 6.07) is 2.62. The summed E-state index contributed by atoms with van der Waals surface area (Å²) >= 11 is 6.46. The molecule has 0 aliphatic heterocycles. The van der Waals surface area contributed by atoms with Gasteiger partial charge in [-0.3, -0.25) is 0 Å². The SMILES string of the molecule is CCCN(CCO)C(=O)Nc1c(Br)cc(Br)cc1C(=O)O. The smallest absolute Gasteiger partial charge is 0.337 e. The van der Waals surface area contributed by atoms with Crippen LogP contribution in [0.1, 0.15) is 23.7 Å². The van der Waals surface area contributed by atoms with Crippen LogP contribution in [-0.4, -0.2) is 46.8 Å². The number of rotatable bonds is 6. The molecule has 1 rings (SSSR count). The predicted molar refractivity (Wildman–Crippen MR) is 86.8 cm³/mol. The summed E-state index contributed by atoms with van der Waals surface area (Å²) in [6.07, 6.45) is 0.737. The minimum absolute atomic E-state index is 0.0231. The van der Waals surface area contributed by atoms with E-state index < -0.39 is 12.0 Å². The molecular formula is C13H16Br2N2O4. The molecule has 0 unspecified atom stereocenters. The van der Waals surface area contributed by atoms with Crippen LogP contribution >= 0.6 is 31.9 Å². The van der Waals surface area contributed by atoms with Gasteiger partial charge in [-0.15, -0.1) is 0 Å². The Morgan fingerprint density at radius 3 is 2.48 bits per heavy atom. The van der Waals surface area contributed by atoms with Gasteiger partial charge in [-0.1, -0.05) is 22.9 Å². The van der Waals surface area contributed by atoms with E-state index in [9.17, 15) is 14.7 Å². The lowest BCUT2D eigenvalue weighted by Crippen LogP contribution is -2.38. The normalized spacial score (nSPS) is 10.3. The maximum Gasteiger partial charge on any atom is 0.337 e. The summed E-state index contributed by atoms with van der Waals surface area (Å²) in [5.41, 5.74) is 0.166. The van der Waals surface area contributed by atoms with Gasteiger partial charge < -0.3 is 20.4 Å². The number of hydrogen-bond donors (Lipinski definition) is 3. The van der Waals surface area contributed by atoms with Gasteiger partial charge in [0.1, 0.15) is 0 Å². The van der Waals surface area contributed by atoms with Gasteiger partial charge in [-0.05, 0) is 34.5 Å². The number of carbonyl (C=O) groups is 2. The molecule has 0 atom stereocenters. The lowest BCUT2D eigenvalue weighted by molar-refractivity contribution is 0.0698. The van der Waals surface area contributed by atoms with Crippen LogP contribution in [-0.2, 0) is 0 Å². The van der Waals surface area contributed by atoms with E-state index >= 15 is 0 Å². The monoisotopic (exact) mass is 422 g/mol. The van der Waals surface area contributed by atoms with Gasteiger partial charge in [-0.25, -0.2) is 9.59 Å². The minimum Gasteiger partial charge on any atom is -0.478 e. The van der Waals surface area contributed by atoms with Gasteiger partial charge in [0, 0.05) is 22.0 Å². The molecule has 2 amide bonds. The number of nitrogens with zero attached hydrogens (tertiary/aromatic N) is 1. The molecule has 1 aromatic rings. The Balaban J connectivity index is 3.06. The maximum atomic E-state index is 12.2. The van der Waals surface area contributed by atoms with Gasteiger partial charge in [0.05, 0.1) is 17.9 Å². The van der Waals surface area contributed by atoms with Crippen molar-refractivity contribution in [3.63, 3.8) is 0 Å². The van der Waals surface area contributed by atoms with E-state index in [2.05, 4.69) is 37.2 Å². The number of aromatic carboxylic acids is 1. The average molecular weight is 424 g/mol. The molecule has 0 saturated heterocycles. The fraction of sp³-hybridized carbons (Fsp3) is 0.385. The number of aliphatic hydroxyl groups is 1. The van der Waals surface area contributed by atoms with E-state index in [1.807, 2.05) is 6.92 Å². The Labute approximate surface area is 139 Å². The molecule has 6 nitrogen and oxygen atoms in total. The topological polar surface area (TPSA) is 89.9 Å². The van der Waals surface area contributed by atoms with Crippen LogP contribution in [0.25, 0.3) is 0 Å². The fourth-order valence-corrected chi connectivity index (χ4v) is 3.09. The molecule has 0 aliphatic carbocycles. The largest absolute Gasteiger partial charge is 0.478 e. The third-order valence-corrected chi connectivity index (χ3v) is 3.75. The van der Waals surface area contributed by atoms with Crippen molar-refractivity contribution in [2.45, 2.75) is 13.3 Å². The van der Waals surface area contributed by atoms with Crippen molar-refractivity contribution >= 4 is 49.5 Å². The Morgan fingerprint density at radius 1 is 1.29 bits per heavy atom. The fourth-order valence-electron chi connectivity index (χ4n) is 1.76. The number of urea groups is 1. The lowest BCUT2D eigenvalue weighted by atomic mass is 10.2. The first kappa shape index (κ1) is 17.9. The number of benzene rings is 1. The van der Waals surface area contributed by atoms with Crippen molar-refractivity contribution in [1.29, 1.82) is 0 Å². The molecule has 0 saturated carbocycles. The van der Waals surface area contributed by atoms with Crippen LogP contribution in [0.15, 0.2) is 21.1 Å². The second-order valence-electron chi connectivity index (χ2n) is 4.26. The first-order chi connectivity index (χ1) is 9.90. The van der Waals surface area contributed by atoms with Gasteiger partial charge in [-0.2, -0.15) is 0 Å². The summed E-state index contributed by atoms with van der Waals surface area (Å²) in [7, 11) is 0. The molecule has 8 heteroatoms. The number of amides is 2. The lowest BCUT2D eigenvalue weighted by Gasteiger charge is -2.22. The molecule has 0 bridgehead atoms. The summed E-state index contributed by atoms with van der Waals surface area (Å²) in [6.45, 7) is 2.43. The number of hydrogen-bond acceptors (Lipinski definition) is 3. The van der Waals surface area contributed by atoms with Gasteiger partial charge in [0.2, 0.25) is 0 Å². The van der Waals surface area contributed by atoms with Gasteiger partial charge in [0.15, 0.2) is 0 Å². The van der Waals surface area contributed by atoms with Crippen LogP contribution in [0.3, 0.4) is 0 Å². The summed E-state index contributed by atoms with van der Waals surface area (Å²) in [5, 5.41) is 20.8. The van der Waals surface area contributed by atoms with E-state index in [0.29, 0.717) is 15.5 Å². The maximum absolute atomic E-state index is 12.2. The molecule has 0 aromatic heterocycles. The summed E-state index contributed by atoms with van der Waals surface area (Å²) in [5.74, 6) is -1.14. The standard InChI is InChI=1S/C13H16Br2N2O4/c1-2-3-17(4-5-18)13(21)16-11-9(12(19)20)6-8(14)7-10(11)15/h6-7,18H,2-5H2,1H3,(H,16,21)(H,19,20). The third kappa shape index (κ3) is 4.98. The van der Waals surface area contributed by atoms with Crippen LogP contribution in [0, 0.1) is 0 Å². The molecule has 116 valence electrons. The minimum atomic E-state index is -1.14. The quantitative estimate of drug-likeness (QED) is 0.655. The molecule has 0 fully saturated rings. The highest BCUT2D eigenvalue weighted by Crippen LogP contribution is 2.31. The Hall–Kier alpha value is -1.12. The molecule has 21 heavy (non-hydrogen) atoms. The Bertz CT molecular complexity index is 531. The Kier molecular flexibility index (Phi) is 7.13. The van der Waals surface area contributed by atoms with E-state index in [0.717, 1.165) is 6.42 Å². The highest BCUT2D eigenvalue weighted by Gasteiger charge is 2.19. The molecule has 3 N–H and O–H groups in total. The zero-order chi connectivity index (χ0) is 16.0. The molecule has 1 aromatic carbocycles. The molecule has 0 heterocycles. The number of aliphatic hydroxyl groups excluding tert-OH is 1. The number of anilines is 1. The van der Waals surface area contributed by atoms with Crippen LogP contribution in [0.4, 0.5) is 10.5 Å². The van der Waals surface area contributed by atoms with Crippen molar-refractivity contribution in [2.24, 2.45) is 0 Å². The van der Waals surface area contributed by atoms with Crippen LogP contribution < -0.4 is 5.32 Å². The highest BCUT2D eigenvalue weighted by molar-refractivity contribution is 9.11. The number of carbonyl (C=O) groups excluding carboxylic acids is 1. The molecule has 0 aliphatic rings. The van der Waals surface area contributed by atoms with Gasteiger partial charge in [0.25, 0.3) is 0 Å². The number of carboxylic acid groups (broad SMARTS) is 1. The first-order valence-electron chi connectivity index (χ1n) is 6.29. The van der Waals surface area contributed by atoms with Crippen molar-refractivity contribution < 1.29 is 19.8 Å². The van der Waals surface area contributed by atoms with Crippen LogP contribution in [0.5, 0.6) is 0 Å². The average Bonchev–Trinajstić information content (AvgIpc) is 2.40. The first-order valence-corrected chi connectivity index (χ1v) is 7.88. The van der Waals surface area contributed by atoms with Crippen molar-refractivity contribution in [1.82, 2.24) is 4.90 Å². The molecule has 0 radical (unpaired) electrons. The van der Waals surface area contributed by atoms with E-state index in [-0.39, 0.29) is 24.4 Å². The van der Waals surface area contributed by atoms with E-state index in [1.165, 1.54) is 11.0 Å². The zero-order valence-corrected chi connectivity index (χ0v) is 14.6. The third-order valence-electron chi connectivity index (χ3n) is 2.67.